The first-order valence-electron chi connectivity index (χ1n) is 7.47. The zero-order valence-corrected chi connectivity index (χ0v) is 13.8. The third kappa shape index (κ3) is 2.51. The largest absolute Gasteiger partial charge is 0.244 e. The van der Waals surface area contributed by atoms with Crippen molar-refractivity contribution in [3.05, 3.63) is 65.2 Å². The normalized spacial score (nSPS) is 11.0. The van der Waals surface area contributed by atoms with E-state index in [2.05, 4.69) is 41.2 Å². The molecule has 0 amide bonds. The van der Waals surface area contributed by atoms with Crippen molar-refractivity contribution in [2.75, 3.05) is 0 Å². The molecule has 0 fully saturated rings. The van der Waals surface area contributed by atoms with E-state index in [-0.39, 0.29) is 0 Å². The Hall–Kier alpha value is -2.59. The lowest BCUT2D eigenvalue weighted by Crippen LogP contribution is -1.97. The molecule has 0 spiro atoms. The Bertz CT molecular complexity index is 990. The number of nitrogens with zero attached hydrogens (tertiary/aromatic N) is 3. The molecular formula is C19H15N3S. The highest BCUT2D eigenvalue weighted by molar-refractivity contribution is 7.16. The van der Waals surface area contributed by atoms with Crippen molar-refractivity contribution in [3.63, 3.8) is 0 Å². The molecule has 4 rings (SSSR count). The van der Waals surface area contributed by atoms with Crippen LogP contribution < -0.4 is 0 Å². The molecule has 0 aliphatic heterocycles. The quantitative estimate of drug-likeness (QED) is 0.520. The van der Waals surface area contributed by atoms with E-state index in [1.165, 1.54) is 0 Å². The molecule has 0 saturated heterocycles. The summed E-state index contributed by atoms with van der Waals surface area (Å²) in [5.41, 5.74) is 5.05. The maximum absolute atomic E-state index is 4.82. The molecule has 0 aliphatic rings. The zero-order chi connectivity index (χ0) is 15.8. The van der Waals surface area contributed by atoms with E-state index in [4.69, 9.17) is 4.98 Å². The molecule has 3 nitrogen and oxygen atoms in total. The van der Waals surface area contributed by atoms with Gasteiger partial charge in [-0.2, -0.15) is 0 Å². The van der Waals surface area contributed by atoms with Crippen LogP contribution in [0, 0.1) is 13.8 Å². The van der Waals surface area contributed by atoms with Crippen molar-refractivity contribution in [1.82, 2.24) is 15.0 Å². The summed E-state index contributed by atoms with van der Waals surface area (Å²) in [7, 11) is 0. The molecule has 0 aliphatic carbocycles. The first-order valence-corrected chi connectivity index (χ1v) is 8.35. The van der Waals surface area contributed by atoms with Gasteiger partial charge in [-0.05, 0) is 36.9 Å². The van der Waals surface area contributed by atoms with Gasteiger partial charge in [0.2, 0.25) is 0 Å². The van der Waals surface area contributed by atoms with Crippen molar-refractivity contribution >= 4 is 21.6 Å². The van der Waals surface area contributed by atoms with E-state index >= 15 is 0 Å². The number of thiophene rings is 1. The van der Waals surface area contributed by atoms with Gasteiger partial charge in [-0.15, -0.1) is 11.3 Å². The summed E-state index contributed by atoms with van der Waals surface area (Å²) in [5, 5.41) is 3.17. The van der Waals surface area contributed by atoms with Crippen LogP contribution in [0.2, 0.25) is 0 Å². The smallest absolute Gasteiger partial charge is 0.179 e. The van der Waals surface area contributed by atoms with E-state index in [9.17, 15) is 0 Å². The molecule has 112 valence electrons. The second-order valence-corrected chi connectivity index (χ2v) is 6.39. The second-order valence-electron chi connectivity index (χ2n) is 5.50. The Kier molecular flexibility index (Phi) is 3.39. The molecule has 3 heterocycles. The van der Waals surface area contributed by atoms with Crippen LogP contribution in [0.3, 0.4) is 0 Å². The van der Waals surface area contributed by atoms with Crippen LogP contribution in [0.4, 0.5) is 0 Å². The van der Waals surface area contributed by atoms with Crippen LogP contribution in [-0.4, -0.2) is 15.0 Å². The molecule has 0 saturated carbocycles. The standard InChI is InChI=1S/C19H15N3S/c1-12-8-9-16(21-17(12)14-6-4-3-5-7-14)18-20-13(2)15-10-11-23-19(15)22-18/h3-11H,1-2H3. The maximum atomic E-state index is 4.82. The number of benzene rings is 1. The van der Waals surface area contributed by atoms with E-state index in [0.29, 0.717) is 5.82 Å². The fourth-order valence-electron chi connectivity index (χ4n) is 2.66. The minimum atomic E-state index is 0.689. The summed E-state index contributed by atoms with van der Waals surface area (Å²) in [6.45, 7) is 4.10. The van der Waals surface area contributed by atoms with Crippen molar-refractivity contribution < 1.29 is 0 Å². The van der Waals surface area contributed by atoms with E-state index in [0.717, 1.165) is 38.4 Å². The average Bonchev–Trinajstić information content (AvgIpc) is 3.05. The Morgan fingerprint density at radius 2 is 1.65 bits per heavy atom. The monoisotopic (exact) mass is 317 g/mol. The van der Waals surface area contributed by atoms with E-state index in [1.807, 2.05) is 36.6 Å². The molecule has 3 aromatic heterocycles. The highest BCUT2D eigenvalue weighted by Crippen LogP contribution is 2.27. The number of hydrogen-bond donors (Lipinski definition) is 0. The van der Waals surface area contributed by atoms with Crippen molar-refractivity contribution in [3.8, 4) is 22.8 Å². The van der Waals surface area contributed by atoms with Gasteiger partial charge < -0.3 is 0 Å². The lowest BCUT2D eigenvalue weighted by atomic mass is 10.1. The van der Waals surface area contributed by atoms with Crippen LogP contribution in [0.1, 0.15) is 11.3 Å². The number of hydrogen-bond acceptors (Lipinski definition) is 4. The van der Waals surface area contributed by atoms with Crippen molar-refractivity contribution in [1.29, 1.82) is 0 Å². The number of aromatic nitrogens is 3. The molecule has 1 aromatic carbocycles. The third-order valence-electron chi connectivity index (χ3n) is 3.89. The van der Waals surface area contributed by atoms with Gasteiger partial charge in [0, 0.05) is 10.9 Å². The molecular weight excluding hydrogens is 302 g/mol. The fraction of sp³-hybridized carbons (Fsp3) is 0.105. The summed E-state index contributed by atoms with van der Waals surface area (Å²) in [5.74, 6) is 0.689. The maximum Gasteiger partial charge on any atom is 0.179 e. The fourth-order valence-corrected chi connectivity index (χ4v) is 3.47. The predicted molar refractivity (Wildman–Crippen MR) is 95.6 cm³/mol. The highest BCUT2D eigenvalue weighted by atomic mass is 32.1. The molecule has 0 atom stereocenters. The lowest BCUT2D eigenvalue weighted by Gasteiger charge is -2.08. The van der Waals surface area contributed by atoms with Crippen LogP contribution >= 0.6 is 11.3 Å². The molecule has 23 heavy (non-hydrogen) atoms. The first-order chi connectivity index (χ1) is 11.2. The van der Waals surface area contributed by atoms with Gasteiger partial charge in [0.1, 0.15) is 10.5 Å². The number of rotatable bonds is 2. The van der Waals surface area contributed by atoms with Gasteiger partial charge >= 0.3 is 0 Å². The van der Waals surface area contributed by atoms with E-state index in [1.54, 1.807) is 11.3 Å². The number of aryl methyl sites for hydroxylation is 2. The first kappa shape index (κ1) is 14.0. The van der Waals surface area contributed by atoms with Gasteiger partial charge in [0.05, 0.1) is 11.4 Å². The summed E-state index contributed by atoms with van der Waals surface area (Å²) < 4.78 is 0. The Balaban J connectivity index is 1.88. The topological polar surface area (TPSA) is 38.7 Å². The Morgan fingerprint density at radius 1 is 0.826 bits per heavy atom. The summed E-state index contributed by atoms with van der Waals surface area (Å²) in [6.07, 6.45) is 0. The van der Waals surface area contributed by atoms with Gasteiger partial charge in [0.15, 0.2) is 5.82 Å². The molecule has 4 heteroatoms. The summed E-state index contributed by atoms with van der Waals surface area (Å²) >= 11 is 1.64. The van der Waals surface area contributed by atoms with Crippen molar-refractivity contribution in [2.24, 2.45) is 0 Å². The second kappa shape index (κ2) is 5.56. The SMILES string of the molecule is Cc1ccc(-c2nc(C)c3ccsc3n2)nc1-c1ccccc1. The zero-order valence-electron chi connectivity index (χ0n) is 12.9. The predicted octanol–water partition coefficient (Wildman–Crippen LogP) is 5.04. The van der Waals surface area contributed by atoms with Gasteiger partial charge in [-0.25, -0.2) is 15.0 Å². The highest BCUT2D eigenvalue weighted by Gasteiger charge is 2.11. The average molecular weight is 317 g/mol. The molecule has 0 N–H and O–H groups in total. The summed E-state index contributed by atoms with van der Waals surface area (Å²) in [4.78, 5) is 15.2. The minimum absolute atomic E-state index is 0.689. The molecule has 0 unspecified atom stereocenters. The van der Waals surface area contributed by atoms with Crippen LogP contribution in [0.15, 0.2) is 53.9 Å². The minimum Gasteiger partial charge on any atom is -0.244 e. The molecule has 4 aromatic rings. The van der Waals surface area contributed by atoms with Crippen molar-refractivity contribution in [2.45, 2.75) is 13.8 Å². The Labute approximate surface area is 138 Å². The number of pyridine rings is 1. The van der Waals surface area contributed by atoms with E-state index < -0.39 is 0 Å². The van der Waals surface area contributed by atoms with Crippen LogP contribution in [0.5, 0.6) is 0 Å². The van der Waals surface area contributed by atoms with Gasteiger partial charge in [0.25, 0.3) is 0 Å². The van der Waals surface area contributed by atoms with Gasteiger partial charge in [-0.3, -0.25) is 0 Å². The Morgan fingerprint density at radius 3 is 2.48 bits per heavy atom. The molecule has 0 radical (unpaired) electrons. The van der Waals surface area contributed by atoms with Gasteiger partial charge in [-0.1, -0.05) is 36.4 Å². The van der Waals surface area contributed by atoms with Crippen LogP contribution in [-0.2, 0) is 0 Å². The lowest BCUT2D eigenvalue weighted by molar-refractivity contribution is 1.13. The number of fused-ring (bicyclic) bond motifs is 1. The van der Waals surface area contributed by atoms with Crippen LogP contribution in [0.25, 0.3) is 33.0 Å². The molecule has 0 bridgehead atoms. The summed E-state index contributed by atoms with van der Waals surface area (Å²) in [6, 6.07) is 16.4. The third-order valence-corrected chi connectivity index (χ3v) is 4.70.